The number of alkyl halides is 1. The van der Waals surface area contributed by atoms with Crippen molar-refractivity contribution in [2.45, 2.75) is 6.10 Å². The van der Waals surface area contributed by atoms with E-state index in [0.29, 0.717) is 0 Å². The van der Waals surface area contributed by atoms with Gasteiger partial charge in [-0.05, 0) is 22.4 Å². The summed E-state index contributed by atoms with van der Waals surface area (Å²) < 4.78 is 1.03. The van der Waals surface area contributed by atoms with E-state index in [1.54, 1.807) is 0 Å². The monoisotopic (exact) mass is 284 g/mol. The summed E-state index contributed by atoms with van der Waals surface area (Å²) in [5.41, 5.74) is 0.879. The molecule has 0 aliphatic carbocycles. The normalized spacial score (nSPS) is 13.0. The molecule has 0 aromatic heterocycles. The molecule has 78 valence electrons. The van der Waals surface area contributed by atoms with Gasteiger partial charge in [0, 0.05) is 4.47 Å². The molecule has 1 unspecified atom stereocenters. The van der Waals surface area contributed by atoms with Crippen LogP contribution in [0.5, 0.6) is 0 Å². The Morgan fingerprint density at radius 2 is 1.80 bits per heavy atom. The highest BCUT2D eigenvalue weighted by Crippen LogP contribution is 2.30. The van der Waals surface area contributed by atoms with E-state index >= 15 is 0 Å². The minimum Gasteiger partial charge on any atom is -0.387 e. The van der Waals surface area contributed by atoms with Gasteiger partial charge < -0.3 is 5.11 Å². The molecule has 0 bridgehead atoms. The molecule has 0 heterocycles. The summed E-state index contributed by atoms with van der Waals surface area (Å²) in [7, 11) is 0. The van der Waals surface area contributed by atoms with E-state index in [0.717, 1.165) is 20.8 Å². The van der Waals surface area contributed by atoms with Crippen molar-refractivity contribution in [1.29, 1.82) is 0 Å². The Morgan fingerprint density at radius 1 is 1.13 bits per heavy atom. The topological polar surface area (TPSA) is 20.2 Å². The largest absolute Gasteiger partial charge is 0.387 e. The molecule has 0 aliphatic rings. The number of hydrogen-bond donors (Lipinski definition) is 1. The Hall–Kier alpha value is -0.570. The maximum absolute atomic E-state index is 9.77. The first-order valence-electron chi connectivity index (χ1n) is 4.65. The van der Waals surface area contributed by atoms with Crippen LogP contribution in [0.3, 0.4) is 0 Å². The molecule has 1 N–H and O–H groups in total. The molecular formula is C12H10BrClO. The molecule has 0 amide bonds. The van der Waals surface area contributed by atoms with Crippen LogP contribution in [0.15, 0.2) is 40.9 Å². The molecule has 0 spiro atoms. The third-order valence-electron chi connectivity index (χ3n) is 2.41. The number of aliphatic hydroxyl groups is 1. The number of fused-ring (bicyclic) bond motifs is 1. The Balaban J connectivity index is 2.71. The first kappa shape index (κ1) is 10.9. The molecule has 15 heavy (non-hydrogen) atoms. The SMILES string of the molecule is OC(CCl)c1ccc(Br)c2ccccc12. The van der Waals surface area contributed by atoms with Crippen molar-refractivity contribution in [3.8, 4) is 0 Å². The summed E-state index contributed by atoms with van der Waals surface area (Å²) >= 11 is 9.15. The standard InChI is InChI=1S/C12H10BrClO/c13-11-6-5-10(12(15)7-14)8-3-1-2-4-9(8)11/h1-6,12,15H,7H2. The van der Waals surface area contributed by atoms with Crippen molar-refractivity contribution in [3.05, 3.63) is 46.4 Å². The Bertz CT molecular complexity index is 484. The van der Waals surface area contributed by atoms with E-state index in [9.17, 15) is 5.11 Å². The van der Waals surface area contributed by atoms with E-state index in [1.165, 1.54) is 0 Å². The second-order valence-corrected chi connectivity index (χ2v) is 4.52. The van der Waals surface area contributed by atoms with Gasteiger partial charge in [0.1, 0.15) is 0 Å². The maximum Gasteiger partial charge on any atom is 0.0931 e. The zero-order valence-corrected chi connectivity index (χ0v) is 10.3. The molecule has 0 saturated carbocycles. The lowest BCUT2D eigenvalue weighted by Crippen LogP contribution is -1.99. The van der Waals surface area contributed by atoms with Gasteiger partial charge in [0.25, 0.3) is 0 Å². The average molecular weight is 286 g/mol. The number of hydrogen-bond acceptors (Lipinski definition) is 1. The van der Waals surface area contributed by atoms with Gasteiger partial charge in [-0.3, -0.25) is 0 Å². The van der Waals surface area contributed by atoms with Crippen molar-refractivity contribution in [3.63, 3.8) is 0 Å². The van der Waals surface area contributed by atoms with E-state index < -0.39 is 6.10 Å². The molecule has 3 heteroatoms. The lowest BCUT2D eigenvalue weighted by Gasteiger charge is -2.11. The fraction of sp³-hybridized carbons (Fsp3) is 0.167. The number of benzene rings is 2. The first-order chi connectivity index (χ1) is 7.24. The molecule has 0 saturated heterocycles. The van der Waals surface area contributed by atoms with Crippen LogP contribution < -0.4 is 0 Å². The summed E-state index contributed by atoms with van der Waals surface area (Å²) in [4.78, 5) is 0. The van der Waals surface area contributed by atoms with Gasteiger partial charge >= 0.3 is 0 Å². The van der Waals surface area contributed by atoms with Gasteiger partial charge in [0.2, 0.25) is 0 Å². The van der Waals surface area contributed by atoms with Crippen LogP contribution in [0.2, 0.25) is 0 Å². The summed E-state index contributed by atoms with van der Waals surface area (Å²) in [6.45, 7) is 0. The summed E-state index contributed by atoms with van der Waals surface area (Å²) in [6, 6.07) is 11.8. The summed E-state index contributed by atoms with van der Waals surface area (Å²) in [5, 5.41) is 11.9. The van der Waals surface area contributed by atoms with Gasteiger partial charge in [-0.2, -0.15) is 0 Å². The Labute approximate surface area is 102 Å². The van der Waals surface area contributed by atoms with Crippen LogP contribution in [0.25, 0.3) is 10.8 Å². The fourth-order valence-electron chi connectivity index (χ4n) is 1.66. The third kappa shape index (κ3) is 2.03. The summed E-state index contributed by atoms with van der Waals surface area (Å²) in [5.74, 6) is 0.214. The molecule has 1 atom stereocenters. The van der Waals surface area contributed by atoms with Crippen LogP contribution in [0.4, 0.5) is 0 Å². The van der Waals surface area contributed by atoms with E-state index in [2.05, 4.69) is 15.9 Å². The van der Waals surface area contributed by atoms with Crippen LogP contribution in [0, 0.1) is 0 Å². The fourth-order valence-corrected chi connectivity index (χ4v) is 2.30. The molecule has 2 rings (SSSR count). The molecule has 2 aromatic rings. The highest BCUT2D eigenvalue weighted by molar-refractivity contribution is 9.10. The third-order valence-corrected chi connectivity index (χ3v) is 3.39. The zero-order chi connectivity index (χ0) is 10.8. The van der Waals surface area contributed by atoms with Crippen LogP contribution in [-0.2, 0) is 0 Å². The van der Waals surface area contributed by atoms with E-state index in [4.69, 9.17) is 11.6 Å². The van der Waals surface area contributed by atoms with Crippen LogP contribution >= 0.6 is 27.5 Å². The molecule has 0 radical (unpaired) electrons. The highest BCUT2D eigenvalue weighted by Gasteiger charge is 2.10. The number of aliphatic hydroxyl groups excluding tert-OH is 1. The average Bonchev–Trinajstić information content (AvgIpc) is 2.29. The van der Waals surface area contributed by atoms with Gasteiger partial charge in [-0.1, -0.05) is 46.3 Å². The number of rotatable bonds is 2. The van der Waals surface area contributed by atoms with Crippen molar-refractivity contribution in [2.75, 3.05) is 5.88 Å². The number of halogens is 2. The zero-order valence-electron chi connectivity index (χ0n) is 7.95. The van der Waals surface area contributed by atoms with Crippen molar-refractivity contribution in [1.82, 2.24) is 0 Å². The summed E-state index contributed by atoms with van der Waals surface area (Å²) in [6.07, 6.45) is -0.607. The van der Waals surface area contributed by atoms with Crippen molar-refractivity contribution in [2.24, 2.45) is 0 Å². The second-order valence-electron chi connectivity index (χ2n) is 3.35. The molecule has 1 nitrogen and oxygen atoms in total. The lowest BCUT2D eigenvalue weighted by molar-refractivity contribution is 0.204. The maximum atomic E-state index is 9.77. The minimum absolute atomic E-state index is 0.214. The van der Waals surface area contributed by atoms with E-state index in [-0.39, 0.29) is 5.88 Å². The molecule has 2 aromatic carbocycles. The van der Waals surface area contributed by atoms with Gasteiger partial charge in [-0.15, -0.1) is 11.6 Å². The minimum atomic E-state index is -0.607. The van der Waals surface area contributed by atoms with Crippen LogP contribution in [0.1, 0.15) is 11.7 Å². The highest BCUT2D eigenvalue weighted by atomic mass is 79.9. The van der Waals surface area contributed by atoms with Gasteiger partial charge in [0.15, 0.2) is 0 Å². The van der Waals surface area contributed by atoms with Crippen molar-refractivity contribution < 1.29 is 5.11 Å². The molecule has 0 fully saturated rings. The first-order valence-corrected chi connectivity index (χ1v) is 5.98. The molecule has 0 aliphatic heterocycles. The molecular weight excluding hydrogens is 275 g/mol. The smallest absolute Gasteiger partial charge is 0.0931 e. The second kappa shape index (κ2) is 4.52. The predicted molar refractivity (Wildman–Crippen MR) is 67.3 cm³/mol. The predicted octanol–water partition coefficient (Wildman–Crippen LogP) is 3.87. The van der Waals surface area contributed by atoms with Gasteiger partial charge in [-0.25, -0.2) is 0 Å². The van der Waals surface area contributed by atoms with Crippen molar-refractivity contribution >= 4 is 38.3 Å². The Kier molecular flexibility index (Phi) is 3.29. The van der Waals surface area contributed by atoms with E-state index in [1.807, 2.05) is 36.4 Å². The van der Waals surface area contributed by atoms with Gasteiger partial charge in [0.05, 0.1) is 12.0 Å². The lowest BCUT2D eigenvalue weighted by atomic mass is 10.0. The quantitative estimate of drug-likeness (QED) is 0.830. The van der Waals surface area contributed by atoms with Crippen LogP contribution in [-0.4, -0.2) is 11.0 Å². The Morgan fingerprint density at radius 3 is 2.47 bits per heavy atom.